The van der Waals surface area contributed by atoms with Gasteiger partial charge in [-0.25, -0.2) is 14.1 Å². The number of halogens is 1. The quantitative estimate of drug-likeness (QED) is 0.766. The smallest absolute Gasteiger partial charge is 0.323 e. The molecule has 0 unspecified atom stereocenters. The Morgan fingerprint density at radius 2 is 2.04 bits per heavy atom. The number of aliphatic carboxylic acids is 1. The molecule has 0 fully saturated rings. The number of ether oxygens (including phenoxy) is 1. The van der Waals surface area contributed by atoms with Crippen molar-refractivity contribution in [3.63, 3.8) is 0 Å². The molecule has 0 saturated carbocycles. The van der Waals surface area contributed by atoms with E-state index in [1.54, 1.807) is 12.1 Å². The fourth-order valence-electron chi connectivity index (χ4n) is 2.35. The number of amides is 1. The van der Waals surface area contributed by atoms with E-state index in [2.05, 4.69) is 10.1 Å². The standard InChI is InChI=1S/C17H21FN4O4/c1-11(2)16-19-15(17(25)21(8-9-26-3)10-14(23)24)20-22(16)13-7-5-4-6-12(13)18/h4-7,11H,8-10H2,1-3H3,(H,23,24). The molecule has 2 aromatic rings. The van der Waals surface area contributed by atoms with Crippen LogP contribution in [0, 0.1) is 5.82 Å². The largest absolute Gasteiger partial charge is 0.480 e. The summed E-state index contributed by atoms with van der Waals surface area (Å²) in [5, 5.41) is 13.2. The summed E-state index contributed by atoms with van der Waals surface area (Å²) in [6, 6.07) is 6.03. The maximum Gasteiger partial charge on any atom is 0.323 e. The molecule has 1 aromatic heterocycles. The Kier molecular flexibility index (Phi) is 6.40. The minimum Gasteiger partial charge on any atom is -0.480 e. The van der Waals surface area contributed by atoms with Crippen LogP contribution in [-0.2, 0) is 9.53 Å². The molecule has 2 rings (SSSR count). The summed E-state index contributed by atoms with van der Waals surface area (Å²) in [5.41, 5.74) is 0.171. The Balaban J connectivity index is 2.43. The van der Waals surface area contributed by atoms with Gasteiger partial charge >= 0.3 is 5.97 Å². The lowest BCUT2D eigenvalue weighted by Crippen LogP contribution is -2.38. The fraction of sp³-hybridized carbons (Fsp3) is 0.412. The number of methoxy groups -OCH3 is 1. The van der Waals surface area contributed by atoms with Crippen LogP contribution >= 0.6 is 0 Å². The first-order chi connectivity index (χ1) is 12.3. The topological polar surface area (TPSA) is 97.5 Å². The average molecular weight is 364 g/mol. The van der Waals surface area contributed by atoms with Crippen LogP contribution in [0.2, 0.25) is 0 Å². The molecule has 26 heavy (non-hydrogen) atoms. The Hall–Kier alpha value is -2.81. The molecule has 0 aliphatic rings. The maximum absolute atomic E-state index is 14.1. The van der Waals surface area contributed by atoms with Gasteiger partial charge in [-0.05, 0) is 12.1 Å². The van der Waals surface area contributed by atoms with E-state index in [0.717, 1.165) is 4.90 Å². The maximum atomic E-state index is 14.1. The highest BCUT2D eigenvalue weighted by Gasteiger charge is 2.25. The number of para-hydroxylation sites is 1. The molecule has 1 aromatic carbocycles. The molecular formula is C17H21FN4O4. The van der Waals surface area contributed by atoms with E-state index in [4.69, 9.17) is 9.84 Å². The predicted molar refractivity (Wildman–Crippen MR) is 90.8 cm³/mol. The molecule has 140 valence electrons. The van der Waals surface area contributed by atoms with Crippen molar-refractivity contribution in [3.05, 3.63) is 41.7 Å². The van der Waals surface area contributed by atoms with Crippen molar-refractivity contribution in [3.8, 4) is 5.69 Å². The van der Waals surface area contributed by atoms with Crippen LogP contribution in [0.1, 0.15) is 36.2 Å². The van der Waals surface area contributed by atoms with E-state index >= 15 is 0 Å². The van der Waals surface area contributed by atoms with Gasteiger partial charge in [0.2, 0.25) is 5.82 Å². The lowest BCUT2D eigenvalue weighted by Gasteiger charge is -2.18. The first kappa shape index (κ1) is 19.5. The lowest BCUT2D eigenvalue weighted by atomic mass is 10.2. The van der Waals surface area contributed by atoms with Gasteiger partial charge in [0.05, 0.1) is 6.61 Å². The van der Waals surface area contributed by atoms with Crippen molar-refractivity contribution in [1.82, 2.24) is 19.7 Å². The van der Waals surface area contributed by atoms with Crippen LogP contribution in [0.5, 0.6) is 0 Å². The van der Waals surface area contributed by atoms with Gasteiger partial charge in [0.25, 0.3) is 5.91 Å². The van der Waals surface area contributed by atoms with E-state index in [1.807, 2.05) is 13.8 Å². The molecule has 0 bridgehead atoms. The van der Waals surface area contributed by atoms with E-state index in [1.165, 1.54) is 23.9 Å². The van der Waals surface area contributed by atoms with Crippen molar-refractivity contribution >= 4 is 11.9 Å². The number of benzene rings is 1. The molecule has 1 amide bonds. The Morgan fingerprint density at radius 1 is 1.35 bits per heavy atom. The van der Waals surface area contributed by atoms with Crippen LogP contribution < -0.4 is 0 Å². The van der Waals surface area contributed by atoms with Crippen molar-refractivity contribution in [2.24, 2.45) is 0 Å². The molecule has 0 aliphatic heterocycles. The van der Waals surface area contributed by atoms with E-state index < -0.39 is 24.2 Å². The second-order valence-electron chi connectivity index (χ2n) is 5.92. The number of hydrogen-bond acceptors (Lipinski definition) is 5. The number of hydrogen-bond donors (Lipinski definition) is 1. The molecule has 1 heterocycles. The Morgan fingerprint density at radius 3 is 2.62 bits per heavy atom. The molecule has 0 aliphatic carbocycles. The zero-order valence-corrected chi connectivity index (χ0v) is 14.8. The molecule has 1 N–H and O–H groups in total. The van der Waals surface area contributed by atoms with Gasteiger partial charge in [-0.15, -0.1) is 5.10 Å². The molecular weight excluding hydrogens is 343 g/mol. The third-order valence-corrected chi connectivity index (χ3v) is 3.60. The van der Waals surface area contributed by atoms with Gasteiger partial charge in [0, 0.05) is 19.6 Å². The summed E-state index contributed by atoms with van der Waals surface area (Å²) in [7, 11) is 1.45. The minimum atomic E-state index is -1.16. The van der Waals surface area contributed by atoms with Crippen LogP contribution in [0.4, 0.5) is 4.39 Å². The average Bonchev–Trinajstić information content (AvgIpc) is 3.03. The van der Waals surface area contributed by atoms with Crippen molar-refractivity contribution in [1.29, 1.82) is 0 Å². The van der Waals surface area contributed by atoms with E-state index in [9.17, 15) is 14.0 Å². The summed E-state index contributed by atoms with van der Waals surface area (Å²) < 4.78 is 20.3. The van der Waals surface area contributed by atoms with Crippen molar-refractivity contribution in [2.45, 2.75) is 19.8 Å². The molecule has 8 nitrogen and oxygen atoms in total. The number of nitrogens with zero attached hydrogens (tertiary/aromatic N) is 4. The molecule has 0 radical (unpaired) electrons. The van der Waals surface area contributed by atoms with Gasteiger partial charge in [0.15, 0.2) is 0 Å². The second kappa shape index (κ2) is 8.52. The SMILES string of the molecule is COCCN(CC(=O)O)C(=O)c1nc(C(C)C)n(-c2ccccc2F)n1. The molecule has 0 saturated heterocycles. The molecule has 0 atom stereocenters. The lowest BCUT2D eigenvalue weighted by molar-refractivity contribution is -0.137. The van der Waals surface area contributed by atoms with Crippen LogP contribution in [0.15, 0.2) is 24.3 Å². The Labute approximate surface area is 150 Å². The molecule has 9 heteroatoms. The molecule has 0 spiro atoms. The summed E-state index contributed by atoms with van der Waals surface area (Å²) in [5.74, 6) is -2.22. The summed E-state index contributed by atoms with van der Waals surface area (Å²) in [6.45, 7) is 3.43. The first-order valence-corrected chi connectivity index (χ1v) is 8.07. The highest BCUT2D eigenvalue weighted by atomic mass is 19.1. The number of carboxylic acid groups (broad SMARTS) is 1. The number of carboxylic acids is 1. The third-order valence-electron chi connectivity index (χ3n) is 3.60. The number of rotatable bonds is 8. The second-order valence-corrected chi connectivity index (χ2v) is 5.92. The number of aromatic nitrogens is 3. The van der Waals surface area contributed by atoms with Gasteiger partial charge in [-0.2, -0.15) is 0 Å². The van der Waals surface area contributed by atoms with Gasteiger partial charge in [-0.1, -0.05) is 26.0 Å². The van der Waals surface area contributed by atoms with Crippen LogP contribution in [0.25, 0.3) is 5.69 Å². The summed E-state index contributed by atoms with van der Waals surface area (Å²) in [4.78, 5) is 29.0. The zero-order valence-electron chi connectivity index (χ0n) is 14.8. The number of carbonyl (C=O) groups is 2. The van der Waals surface area contributed by atoms with E-state index in [0.29, 0.717) is 5.82 Å². The first-order valence-electron chi connectivity index (χ1n) is 8.07. The normalized spacial score (nSPS) is 11.0. The van der Waals surface area contributed by atoms with Gasteiger partial charge in [-0.3, -0.25) is 9.59 Å². The van der Waals surface area contributed by atoms with E-state index in [-0.39, 0.29) is 30.6 Å². The highest BCUT2D eigenvalue weighted by Crippen LogP contribution is 2.20. The summed E-state index contributed by atoms with van der Waals surface area (Å²) >= 11 is 0. The van der Waals surface area contributed by atoms with Crippen LogP contribution in [0.3, 0.4) is 0 Å². The van der Waals surface area contributed by atoms with Crippen molar-refractivity contribution < 1.29 is 23.8 Å². The zero-order chi connectivity index (χ0) is 19.3. The van der Waals surface area contributed by atoms with Gasteiger partial charge in [0.1, 0.15) is 23.9 Å². The Bertz CT molecular complexity index is 791. The van der Waals surface area contributed by atoms with Crippen molar-refractivity contribution in [2.75, 3.05) is 26.8 Å². The van der Waals surface area contributed by atoms with Gasteiger partial charge < -0.3 is 14.7 Å². The monoisotopic (exact) mass is 364 g/mol. The third kappa shape index (κ3) is 4.42. The summed E-state index contributed by atoms with van der Waals surface area (Å²) in [6.07, 6.45) is 0. The fourth-order valence-corrected chi connectivity index (χ4v) is 2.35. The predicted octanol–water partition coefficient (Wildman–Crippen LogP) is 1.70. The number of carbonyl (C=O) groups excluding carboxylic acids is 1. The minimum absolute atomic E-state index is 0.0763. The van der Waals surface area contributed by atoms with Crippen LogP contribution in [-0.4, -0.2) is 63.5 Å². The highest BCUT2D eigenvalue weighted by molar-refractivity contribution is 5.92.